The smallest absolute Gasteiger partial charge is 0.126 e. The first-order chi connectivity index (χ1) is 14.7. The van der Waals surface area contributed by atoms with Gasteiger partial charge in [-0.15, -0.1) is 0 Å². The standard InChI is InChI=1S/C29H45F/c1-3-5-6-7-8-9-22-11-13-25-19-28(29(30)20-27(25)17-22)26-15-14-23-16-21(4-2)10-12-24(23)18-26/h19-24,26H,3-18H2,1-2H3. The number of hydrogen-bond donors (Lipinski definition) is 0. The van der Waals surface area contributed by atoms with E-state index in [1.165, 1.54) is 107 Å². The molecule has 4 rings (SSSR count). The number of unbranched alkanes of at least 4 members (excludes halogenated alkanes) is 4. The van der Waals surface area contributed by atoms with E-state index >= 15 is 4.39 Å². The monoisotopic (exact) mass is 412 g/mol. The van der Waals surface area contributed by atoms with Crippen molar-refractivity contribution in [3.05, 3.63) is 34.6 Å². The summed E-state index contributed by atoms with van der Waals surface area (Å²) >= 11 is 0. The molecule has 5 unspecified atom stereocenters. The third kappa shape index (κ3) is 5.31. The minimum absolute atomic E-state index is 0.114. The van der Waals surface area contributed by atoms with Crippen LogP contribution in [-0.4, -0.2) is 0 Å². The van der Waals surface area contributed by atoms with Crippen LogP contribution in [-0.2, 0) is 12.8 Å². The van der Waals surface area contributed by atoms with Gasteiger partial charge >= 0.3 is 0 Å². The Hall–Kier alpha value is -0.850. The van der Waals surface area contributed by atoms with Crippen LogP contribution >= 0.6 is 0 Å². The van der Waals surface area contributed by atoms with Crippen molar-refractivity contribution >= 4 is 0 Å². The SMILES string of the molecule is CCCCCCCC1CCc2cc(C3CCC4CC(CC)CCC4C3)c(F)cc2C1. The van der Waals surface area contributed by atoms with E-state index in [9.17, 15) is 0 Å². The molecule has 3 aliphatic carbocycles. The van der Waals surface area contributed by atoms with E-state index in [0.29, 0.717) is 5.92 Å². The van der Waals surface area contributed by atoms with Crippen LogP contribution in [0.1, 0.15) is 126 Å². The van der Waals surface area contributed by atoms with E-state index in [-0.39, 0.29) is 5.82 Å². The molecule has 0 radical (unpaired) electrons. The average molecular weight is 413 g/mol. The lowest BCUT2D eigenvalue weighted by atomic mass is 9.63. The van der Waals surface area contributed by atoms with E-state index in [2.05, 4.69) is 19.9 Å². The molecule has 0 N–H and O–H groups in total. The highest BCUT2D eigenvalue weighted by molar-refractivity contribution is 5.37. The molecule has 1 aromatic rings. The first kappa shape index (κ1) is 22.3. The summed E-state index contributed by atoms with van der Waals surface area (Å²) in [6, 6.07) is 4.26. The fraction of sp³-hybridized carbons (Fsp3) is 0.793. The molecule has 0 heterocycles. The first-order valence-electron chi connectivity index (χ1n) is 13.5. The molecule has 1 aromatic carbocycles. The molecule has 0 spiro atoms. The van der Waals surface area contributed by atoms with Crippen molar-refractivity contribution in [1.29, 1.82) is 0 Å². The van der Waals surface area contributed by atoms with Gasteiger partial charge in [0.1, 0.15) is 5.82 Å². The molecule has 0 amide bonds. The van der Waals surface area contributed by atoms with Crippen LogP contribution in [0.4, 0.5) is 4.39 Å². The lowest BCUT2D eigenvalue weighted by Gasteiger charge is -2.42. The van der Waals surface area contributed by atoms with Gasteiger partial charge in [0.15, 0.2) is 0 Å². The maximum absolute atomic E-state index is 15.2. The Morgan fingerprint density at radius 3 is 2.43 bits per heavy atom. The minimum atomic E-state index is 0.114. The summed E-state index contributed by atoms with van der Waals surface area (Å²) in [6.45, 7) is 4.64. The molecule has 1 heteroatoms. The maximum Gasteiger partial charge on any atom is 0.126 e. The van der Waals surface area contributed by atoms with Crippen molar-refractivity contribution in [1.82, 2.24) is 0 Å². The molecule has 5 atom stereocenters. The summed E-state index contributed by atoms with van der Waals surface area (Å²) in [4.78, 5) is 0. The van der Waals surface area contributed by atoms with E-state index in [1.54, 1.807) is 0 Å². The van der Waals surface area contributed by atoms with Crippen LogP contribution in [0.15, 0.2) is 12.1 Å². The summed E-state index contributed by atoms with van der Waals surface area (Å²) < 4.78 is 15.2. The third-order valence-electron chi connectivity index (χ3n) is 9.10. The molecule has 0 bridgehead atoms. The van der Waals surface area contributed by atoms with Gasteiger partial charge in [-0.25, -0.2) is 4.39 Å². The highest BCUT2D eigenvalue weighted by atomic mass is 19.1. The van der Waals surface area contributed by atoms with Gasteiger partial charge in [0.05, 0.1) is 0 Å². The van der Waals surface area contributed by atoms with Crippen molar-refractivity contribution in [3.63, 3.8) is 0 Å². The molecule has 0 saturated heterocycles. The Bertz CT molecular complexity index is 677. The van der Waals surface area contributed by atoms with E-state index in [1.807, 2.05) is 6.07 Å². The summed E-state index contributed by atoms with van der Waals surface area (Å²) in [5, 5.41) is 0. The summed E-state index contributed by atoms with van der Waals surface area (Å²) in [7, 11) is 0. The molecular formula is C29H45F. The van der Waals surface area contributed by atoms with Gasteiger partial charge in [0.2, 0.25) is 0 Å². The normalized spacial score (nSPS) is 31.2. The van der Waals surface area contributed by atoms with Gasteiger partial charge in [-0.3, -0.25) is 0 Å². The molecule has 0 aromatic heterocycles. The molecule has 2 fully saturated rings. The second-order valence-corrected chi connectivity index (χ2v) is 11.1. The lowest BCUT2D eigenvalue weighted by molar-refractivity contribution is 0.115. The number of benzene rings is 1. The lowest BCUT2D eigenvalue weighted by Crippen LogP contribution is -2.30. The van der Waals surface area contributed by atoms with E-state index in [4.69, 9.17) is 0 Å². The highest BCUT2D eigenvalue weighted by Gasteiger charge is 2.36. The largest absolute Gasteiger partial charge is 0.207 e. The second kappa shape index (κ2) is 10.6. The Balaban J connectivity index is 1.35. The predicted octanol–water partition coefficient (Wildman–Crippen LogP) is 9.00. The maximum atomic E-state index is 15.2. The zero-order valence-electron chi connectivity index (χ0n) is 19.7. The average Bonchev–Trinajstić information content (AvgIpc) is 2.77. The van der Waals surface area contributed by atoms with Crippen LogP contribution in [0.2, 0.25) is 0 Å². The van der Waals surface area contributed by atoms with Gasteiger partial charge in [-0.2, -0.15) is 0 Å². The minimum Gasteiger partial charge on any atom is -0.207 e. The van der Waals surface area contributed by atoms with Crippen molar-refractivity contribution in [2.45, 2.75) is 122 Å². The van der Waals surface area contributed by atoms with Crippen LogP contribution in [0, 0.1) is 29.5 Å². The van der Waals surface area contributed by atoms with E-state index < -0.39 is 0 Å². The van der Waals surface area contributed by atoms with Crippen LogP contribution in [0.25, 0.3) is 0 Å². The molecule has 3 aliphatic rings. The third-order valence-corrected chi connectivity index (χ3v) is 9.10. The van der Waals surface area contributed by atoms with Crippen molar-refractivity contribution in [3.8, 4) is 0 Å². The first-order valence-corrected chi connectivity index (χ1v) is 13.5. The molecule has 168 valence electrons. The van der Waals surface area contributed by atoms with Gasteiger partial charge in [-0.1, -0.05) is 71.3 Å². The number of fused-ring (bicyclic) bond motifs is 2. The van der Waals surface area contributed by atoms with Gasteiger partial charge in [-0.05, 0) is 104 Å². The summed E-state index contributed by atoms with van der Waals surface area (Å²) in [6.07, 6.45) is 21.2. The van der Waals surface area contributed by atoms with Gasteiger partial charge in [0, 0.05) is 0 Å². The molecule has 0 nitrogen and oxygen atoms in total. The van der Waals surface area contributed by atoms with Gasteiger partial charge < -0.3 is 0 Å². The van der Waals surface area contributed by atoms with Crippen LogP contribution in [0.3, 0.4) is 0 Å². The van der Waals surface area contributed by atoms with Crippen LogP contribution < -0.4 is 0 Å². The molecule has 2 saturated carbocycles. The molecule has 0 aliphatic heterocycles. The number of halogens is 1. The number of aryl methyl sites for hydroxylation is 1. The Morgan fingerprint density at radius 2 is 1.60 bits per heavy atom. The van der Waals surface area contributed by atoms with Crippen molar-refractivity contribution < 1.29 is 4.39 Å². The topological polar surface area (TPSA) is 0 Å². The molecular weight excluding hydrogens is 367 g/mol. The molecule has 30 heavy (non-hydrogen) atoms. The zero-order valence-corrected chi connectivity index (χ0v) is 19.7. The fourth-order valence-electron chi connectivity index (χ4n) is 7.11. The van der Waals surface area contributed by atoms with Gasteiger partial charge in [0.25, 0.3) is 0 Å². The highest BCUT2D eigenvalue weighted by Crippen LogP contribution is 2.49. The number of rotatable bonds is 8. The number of hydrogen-bond acceptors (Lipinski definition) is 0. The quantitative estimate of drug-likeness (QED) is 0.374. The van der Waals surface area contributed by atoms with Crippen LogP contribution in [0.5, 0.6) is 0 Å². The summed E-state index contributed by atoms with van der Waals surface area (Å²) in [5.41, 5.74) is 3.88. The second-order valence-electron chi connectivity index (χ2n) is 11.1. The Morgan fingerprint density at radius 1 is 0.800 bits per heavy atom. The fourth-order valence-corrected chi connectivity index (χ4v) is 7.11. The zero-order chi connectivity index (χ0) is 20.9. The Kier molecular flexibility index (Phi) is 7.93. The summed E-state index contributed by atoms with van der Waals surface area (Å²) in [5.74, 6) is 4.13. The Labute approximate surface area is 185 Å². The predicted molar refractivity (Wildman–Crippen MR) is 126 cm³/mol. The van der Waals surface area contributed by atoms with Crippen molar-refractivity contribution in [2.24, 2.45) is 23.7 Å². The van der Waals surface area contributed by atoms with Crippen molar-refractivity contribution in [2.75, 3.05) is 0 Å². The van der Waals surface area contributed by atoms with E-state index in [0.717, 1.165) is 35.7 Å².